The van der Waals surface area contributed by atoms with Crippen LogP contribution in [0.25, 0.3) is 0 Å². The zero-order valence-electron chi connectivity index (χ0n) is 10.2. The Hall–Kier alpha value is -0.650. The van der Waals surface area contributed by atoms with Crippen LogP contribution in [0, 0.1) is 0 Å². The minimum Gasteiger partial charge on any atom is -0.395 e. The minimum absolute atomic E-state index is 0.0279. The third-order valence-electron chi connectivity index (χ3n) is 3.38. The number of hydrogen-bond donors (Lipinski definition) is 2. The second-order valence-electron chi connectivity index (χ2n) is 4.80. The highest BCUT2D eigenvalue weighted by Gasteiger charge is 2.32. The molecule has 2 N–H and O–H groups in total. The van der Waals surface area contributed by atoms with Crippen LogP contribution >= 0.6 is 0 Å². The van der Waals surface area contributed by atoms with Crippen LogP contribution in [0.2, 0.25) is 0 Å². The number of rotatable bonds is 6. The molecule has 0 aromatic rings. The summed E-state index contributed by atoms with van der Waals surface area (Å²) in [4.78, 5) is 13.7. The number of hydrogen-bond acceptors (Lipinski definition) is 4. The molecule has 2 fully saturated rings. The molecular weight excluding hydrogens is 220 g/mol. The van der Waals surface area contributed by atoms with Crippen LogP contribution in [0.5, 0.6) is 0 Å². The van der Waals surface area contributed by atoms with Crippen molar-refractivity contribution in [2.75, 3.05) is 32.8 Å². The van der Waals surface area contributed by atoms with Gasteiger partial charge in [0.05, 0.1) is 12.7 Å². The molecule has 0 atom stereocenters. The summed E-state index contributed by atoms with van der Waals surface area (Å²) in [5.41, 5.74) is 0. The van der Waals surface area contributed by atoms with Gasteiger partial charge in [-0.2, -0.15) is 0 Å². The molecule has 0 radical (unpaired) electrons. The average molecular weight is 242 g/mol. The Morgan fingerprint density at radius 3 is 2.59 bits per heavy atom. The second-order valence-corrected chi connectivity index (χ2v) is 4.80. The Morgan fingerprint density at radius 1 is 1.29 bits per heavy atom. The van der Waals surface area contributed by atoms with Crippen molar-refractivity contribution in [3.05, 3.63) is 0 Å². The molecule has 1 aliphatic carbocycles. The summed E-state index contributed by atoms with van der Waals surface area (Å²) >= 11 is 0. The Labute approximate surface area is 102 Å². The first kappa shape index (κ1) is 12.8. The lowest BCUT2D eigenvalue weighted by Crippen LogP contribution is -2.40. The molecule has 0 spiro atoms. The van der Waals surface area contributed by atoms with E-state index in [1.54, 1.807) is 4.90 Å². The van der Waals surface area contributed by atoms with Gasteiger partial charge in [-0.05, 0) is 38.8 Å². The van der Waals surface area contributed by atoms with Gasteiger partial charge in [-0.15, -0.1) is 0 Å². The third kappa shape index (κ3) is 3.94. The summed E-state index contributed by atoms with van der Waals surface area (Å²) in [6.45, 7) is 2.60. The lowest BCUT2D eigenvalue weighted by atomic mass is 10.1. The van der Waals surface area contributed by atoms with Crippen molar-refractivity contribution < 1.29 is 14.6 Å². The summed E-state index contributed by atoms with van der Waals surface area (Å²) in [5, 5.41) is 12.2. The van der Waals surface area contributed by atoms with Crippen molar-refractivity contribution in [2.45, 2.75) is 37.8 Å². The molecular formula is C12H22N2O3. The first-order valence-electron chi connectivity index (χ1n) is 6.54. The number of aliphatic hydroxyl groups excluding tert-OH is 1. The van der Waals surface area contributed by atoms with E-state index in [1.165, 1.54) is 0 Å². The van der Waals surface area contributed by atoms with Gasteiger partial charge in [-0.25, -0.2) is 0 Å². The van der Waals surface area contributed by atoms with Gasteiger partial charge >= 0.3 is 0 Å². The lowest BCUT2D eigenvalue weighted by molar-refractivity contribution is -0.139. The van der Waals surface area contributed by atoms with Gasteiger partial charge in [0.1, 0.15) is 6.61 Å². The fourth-order valence-electron chi connectivity index (χ4n) is 2.24. The van der Waals surface area contributed by atoms with E-state index >= 15 is 0 Å². The standard InChI is InChI=1S/C12H22N2O3/c15-8-7-14(10-1-2-10)12(16)9-17-11-3-5-13-6-4-11/h10-11,13,15H,1-9H2. The molecule has 17 heavy (non-hydrogen) atoms. The zero-order valence-corrected chi connectivity index (χ0v) is 10.2. The van der Waals surface area contributed by atoms with Gasteiger partial charge in [0.15, 0.2) is 0 Å². The number of aliphatic hydroxyl groups is 1. The quantitative estimate of drug-likeness (QED) is 0.673. The number of carbonyl (C=O) groups excluding carboxylic acids is 1. The van der Waals surface area contributed by atoms with E-state index < -0.39 is 0 Å². The summed E-state index contributed by atoms with van der Waals surface area (Å²) in [5.74, 6) is 0.0279. The van der Waals surface area contributed by atoms with Crippen molar-refractivity contribution >= 4 is 5.91 Å². The normalized spacial score (nSPS) is 21.5. The number of ether oxygens (including phenoxy) is 1. The van der Waals surface area contributed by atoms with Gasteiger partial charge in [0.25, 0.3) is 0 Å². The van der Waals surface area contributed by atoms with Gasteiger partial charge in [-0.3, -0.25) is 4.79 Å². The zero-order chi connectivity index (χ0) is 12.1. The summed E-state index contributed by atoms with van der Waals surface area (Å²) in [6.07, 6.45) is 4.32. The summed E-state index contributed by atoms with van der Waals surface area (Å²) < 4.78 is 5.64. The van der Waals surface area contributed by atoms with Gasteiger partial charge in [0.2, 0.25) is 5.91 Å². The molecule has 0 unspecified atom stereocenters. The highest BCUT2D eigenvalue weighted by molar-refractivity contribution is 5.78. The summed E-state index contributed by atoms with van der Waals surface area (Å²) in [7, 11) is 0. The van der Waals surface area contributed by atoms with Crippen molar-refractivity contribution in [1.29, 1.82) is 0 Å². The first-order chi connectivity index (χ1) is 8.31. The molecule has 0 aromatic heterocycles. The predicted molar refractivity (Wildman–Crippen MR) is 63.7 cm³/mol. The fraction of sp³-hybridized carbons (Fsp3) is 0.917. The number of amides is 1. The van der Waals surface area contributed by atoms with Crippen LogP contribution in [0.15, 0.2) is 0 Å². The molecule has 1 amide bonds. The molecule has 5 nitrogen and oxygen atoms in total. The van der Waals surface area contributed by atoms with Crippen LogP contribution in [0.4, 0.5) is 0 Å². The molecule has 1 saturated heterocycles. The first-order valence-corrected chi connectivity index (χ1v) is 6.54. The van der Waals surface area contributed by atoms with Gasteiger partial charge in [-0.1, -0.05) is 0 Å². The number of nitrogens with zero attached hydrogens (tertiary/aromatic N) is 1. The third-order valence-corrected chi connectivity index (χ3v) is 3.38. The SMILES string of the molecule is O=C(COC1CCNCC1)N(CCO)C1CC1. The van der Waals surface area contributed by atoms with E-state index in [-0.39, 0.29) is 25.2 Å². The van der Waals surface area contributed by atoms with E-state index in [0.717, 1.165) is 38.8 Å². The number of piperidine rings is 1. The molecule has 5 heteroatoms. The Balaban J connectivity index is 1.70. The molecule has 1 saturated carbocycles. The van der Waals surface area contributed by atoms with Crippen LogP contribution in [-0.4, -0.2) is 60.9 Å². The molecule has 0 aromatic carbocycles. The Bertz CT molecular complexity index is 250. The van der Waals surface area contributed by atoms with Crippen molar-refractivity contribution in [1.82, 2.24) is 10.2 Å². The van der Waals surface area contributed by atoms with Crippen LogP contribution in [-0.2, 0) is 9.53 Å². The van der Waals surface area contributed by atoms with E-state index in [1.807, 2.05) is 0 Å². The van der Waals surface area contributed by atoms with E-state index in [0.29, 0.717) is 12.6 Å². The smallest absolute Gasteiger partial charge is 0.248 e. The van der Waals surface area contributed by atoms with Gasteiger partial charge < -0.3 is 20.1 Å². The van der Waals surface area contributed by atoms with Crippen molar-refractivity contribution in [3.8, 4) is 0 Å². The molecule has 1 heterocycles. The van der Waals surface area contributed by atoms with Crippen molar-refractivity contribution in [3.63, 3.8) is 0 Å². The maximum atomic E-state index is 11.9. The molecule has 0 bridgehead atoms. The molecule has 98 valence electrons. The maximum Gasteiger partial charge on any atom is 0.248 e. The monoisotopic (exact) mass is 242 g/mol. The predicted octanol–water partition coefficient (Wildman–Crippen LogP) is -0.262. The number of carbonyl (C=O) groups is 1. The average Bonchev–Trinajstić information content (AvgIpc) is 3.18. The van der Waals surface area contributed by atoms with E-state index in [4.69, 9.17) is 9.84 Å². The minimum atomic E-state index is 0.0279. The second kappa shape index (κ2) is 6.33. The van der Waals surface area contributed by atoms with E-state index in [9.17, 15) is 4.79 Å². The maximum absolute atomic E-state index is 11.9. The van der Waals surface area contributed by atoms with Crippen LogP contribution in [0.3, 0.4) is 0 Å². The van der Waals surface area contributed by atoms with Crippen LogP contribution in [0.1, 0.15) is 25.7 Å². The molecule has 2 aliphatic rings. The molecule has 1 aliphatic heterocycles. The topological polar surface area (TPSA) is 61.8 Å². The van der Waals surface area contributed by atoms with Crippen LogP contribution < -0.4 is 5.32 Å². The lowest BCUT2D eigenvalue weighted by Gasteiger charge is -2.25. The Kier molecular flexibility index (Phi) is 4.76. The molecule has 2 rings (SSSR count). The van der Waals surface area contributed by atoms with Gasteiger partial charge in [0, 0.05) is 12.6 Å². The fourth-order valence-corrected chi connectivity index (χ4v) is 2.24. The van der Waals surface area contributed by atoms with Crippen molar-refractivity contribution in [2.24, 2.45) is 0 Å². The van der Waals surface area contributed by atoms with E-state index in [2.05, 4.69) is 5.32 Å². The highest BCUT2D eigenvalue weighted by Crippen LogP contribution is 2.26. The Morgan fingerprint density at radius 2 is 2.00 bits per heavy atom. The number of nitrogens with one attached hydrogen (secondary N) is 1. The summed E-state index contributed by atoms with van der Waals surface area (Å²) in [6, 6.07) is 0.353. The largest absolute Gasteiger partial charge is 0.395 e. The highest BCUT2D eigenvalue weighted by atomic mass is 16.5.